The van der Waals surface area contributed by atoms with Crippen molar-refractivity contribution in [2.24, 2.45) is 5.92 Å². The van der Waals surface area contributed by atoms with E-state index in [9.17, 15) is 0 Å². The molecule has 1 aliphatic rings. The highest BCUT2D eigenvalue weighted by Crippen LogP contribution is 2.17. The summed E-state index contributed by atoms with van der Waals surface area (Å²) in [5.41, 5.74) is 0. The first kappa shape index (κ1) is 10.0. The second kappa shape index (κ2) is 4.24. The normalized spacial score (nSPS) is 32.8. The molecule has 12 heavy (non-hydrogen) atoms. The van der Waals surface area contributed by atoms with Crippen molar-refractivity contribution in [1.29, 1.82) is 0 Å². The quantitative estimate of drug-likeness (QED) is 0.672. The lowest BCUT2D eigenvalue weighted by molar-refractivity contribution is 0.121. The Labute approximate surface area is 76.3 Å². The highest BCUT2D eigenvalue weighted by molar-refractivity contribution is 4.82. The van der Waals surface area contributed by atoms with Crippen LogP contribution in [-0.4, -0.2) is 37.1 Å². The molecule has 0 radical (unpaired) electrons. The van der Waals surface area contributed by atoms with Crippen molar-refractivity contribution in [2.75, 3.05) is 20.1 Å². The molecule has 1 heterocycles. The van der Waals surface area contributed by atoms with Gasteiger partial charge in [0.25, 0.3) is 0 Å². The lowest BCUT2D eigenvalue weighted by atomic mass is 9.93. The van der Waals surface area contributed by atoms with E-state index >= 15 is 0 Å². The number of rotatable bonds is 2. The van der Waals surface area contributed by atoms with Crippen molar-refractivity contribution in [3.8, 4) is 0 Å². The molecular formula is C10H22N2. The summed E-state index contributed by atoms with van der Waals surface area (Å²) in [7, 11) is 2.08. The second-order valence-corrected chi connectivity index (χ2v) is 4.25. The molecule has 1 unspecified atom stereocenters. The van der Waals surface area contributed by atoms with Crippen LogP contribution in [0.2, 0.25) is 0 Å². The van der Waals surface area contributed by atoms with Gasteiger partial charge in [0, 0.05) is 18.6 Å². The summed E-state index contributed by atoms with van der Waals surface area (Å²) < 4.78 is 0. The van der Waals surface area contributed by atoms with Crippen LogP contribution in [0.3, 0.4) is 0 Å². The molecule has 2 atom stereocenters. The van der Waals surface area contributed by atoms with Crippen LogP contribution < -0.4 is 5.32 Å². The fraction of sp³-hybridized carbons (Fsp3) is 1.00. The molecule has 1 saturated heterocycles. The Balaban J connectivity index is 2.40. The van der Waals surface area contributed by atoms with E-state index in [1.807, 2.05) is 0 Å². The summed E-state index contributed by atoms with van der Waals surface area (Å²) in [5.74, 6) is 0.797. The summed E-state index contributed by atoms with van der Waals surface area (Å²) in [6.45, 7) is 9.42. The van der Waals surface area contributed by atoms with Crippen LogP contribution in [0.5, 0.6) is 0 Å². The van der Waals surface area contributed by atoms with Crippen molar-refractivity contribution < 1.29 is 0 Å². The van der Waals surface area contributed by atoms with E-state index in [0.717, 1.165) is 12.0 Å². The van der Waals surface area contributed by atoms with Gasteiger partial charge in [0.05, 0.1) is 0 Å². The molecule has 1 N–H and O–H groups in total. The smallest absolute Gasteiger partial charge is 0.0114 e. The fourth-order valence-corrected chi connectivity index (χ4v) is 2.08. The minimum absolute atomic E-state index is 0.713. The van der Waals surface area contributed by atoms with Crippen LogP contribution >= 0.6 is 0 Å². The topological polar surface area (TPSA) is 15.3 Å². The Morgan fingerprint density at radius 1 is 1.42 bits per heavy atom. The zero-order valence-electron chi connectivity index (χ0n) is 8.80. The van der Waals surface area contributed by atoms with Crippen LogP contribution in [0.15, 0.2) is 0 Å². The van der Waals surface area contributed by atoms with E-state index in [4.69, 9.17) is 0 Å². The largest absolute Gasteiger partial charge is 0.317 e. The molecule has 0 bridgehead atoms. The maximum Gasteiger partial charge on any atom is 0.0114 e. The van der Waals surface area contributed by atoms with Crippen LogP contribution in [-0.2, 0) is 0 Å². The maximum absolute atomic E-state index is 3.39. The standard InChI is InChI=1S/C10H22N2/c1-8(2)12-6-5-10(11-4)9(3)7-12/h8-11H,5-7H2,1-4H3/t9?,10-/m0/s1. The molecule has 2 nitrogen and oxygen atoms in total. The lowest BCUT2D eigenvalue weighted by Crippen LogP contribution is -2.49. The van der Waals surface area contributed by atoms with Crippen molar-refractivity contribution in [3.63, 3.8) is 0 Å². The molecule has 2 heteroatoms. The van der Waals surface area contributed by atoms with Gasteiger partial charge in [0.1, 0.15) is 0 Å². The molecule has 1 rings (SSSR count). The number of likely N-dealkylation sites (tertiary alicyclic amines) is 1. The van der Waals surface area contributed by atoms with Gasteiger partial charge in [-0.3, -0.25) is 0 Å². The molecule has 0 aromatic heterocycles. The third kappa shape index (κ3) is 2.20. The van der Waals surface area contributed by atoms with Gasteiger partial charge in [-0.2, -0.15) is 0 Å². The van der Waals surface area contributed by atoms with Crippen LogP contribution in [0, 0.1) is 5.92 Å². The molecule has 1 aliphatic heterocycles. The van der Waals surface area contributed by atoms with E-state index < -0.39 is 0 Å². The SMILES string of the molecule is CN[C@H]1CCN(C(C)C)CC1C. The predicted molar refractivity (Wildman–Crippen MR) is 53.3 cm³/mol. The van der Waals surface area contributed by atoms with Crippen molar-refractivity contribution in [1.82, 2.24) is 10.2 Å². The monoisotopic (exact) mass is 170 g/mol. The summed E-state index contributed by atoms with van der Waals surface area (Å²) in [6, 6.07) is 1.45. The van der Waals surface area contributed by atoms with Gasteiger partial charge in [-0.25, -0.2) is 0 Å². The first-order valence-corrected chi connectivity index (χ1v) is 5.06. The molecule has 72 valence electrons. The third-order valence-corrected chi connectivity index (χ3v) is 3.04. The van der Waals surface area contributed by atoms with Gasteiger partial charge in [-0.15, -0.1) is 0 Å². The summed E-state index contributed by atoms with van der Waals surface area (Å²) in [4.78, 5) is 2.57. The first-order valence-electron chi connectivity index (χ1n) is 5.06. The number of hydrogen-bond acceptors (Lipinski definition) is 2. The highest BCUT2D eigenvalue weighted by atomic mass is 15.2. The molecule has 0 aromatic carbocycles. The average Bonchev–Trinajstić information content (AvgIpc) is 2.04. The van der Waals surface area contributed by atoms with E-state index in [1.165, 1.54) is 19.5 Å². The molecule has 0 spiro atoms. The maximum atomic E-state index is 3.39. The molecule has 1 fully saturated rings. The van der Waals surface area contributed by atoms with Crippen LogP contribution in [0.25, 0.3) is 0 Å². The number of hydrogen-bond donors (Lipinski definition) is 1. The minimum Gasteiger partial charge on any atom is -0.317 e. The van der Waals surface area contributed by atoms with Gasteiger partial charge in [-0.1, -0.05) is 6.92 Å². The minimum atomic E-state index is 0.713. The lowest BCUT2D eigenvalue weighted by Gasteiger charge is -2.38. The van der Waals surface area contributed by atoms with E-state index in [0.29, 0.717) is 6.04 Å². The molecule has 0 aromatic rings. The van der Waals surface area contributed by atoms with Gasteiger partial charge in [0.2, 0.25) is 0 Å². The third-order valence-electron chi connectivity index (χ3n) is 3.04. The van der Waals surface area contributed by atoms with Gasteiger partial charge >= 0.3 is 0 Å². The van der Waals surface area contributed by atoms with Gasteiger partial charge in [-0.05, 0) is 39.8 Å². The second-order valence-electron chi connectivity index (χ2n) is 4.25. The Kier molecular flexibility index (Phi) is 3.53. The fourth-order valence-electron chi connectivity index (χ4n) is 2.08. The first-order chi connectivity index (χ1) is 5.65. The zero-order valence-corrected chi connectivity index (χ0v) is 8.80. The van der Waals surface area contributed by atoms with Crippen molar-refractivity contribution in [2.45, 2.75) is 39.3 Å². The zero-order chi connectivity index (χ0) is 9.14. The van der Waals surface area contributed by atoms with Crippen LogP contribution in [0.4, 0.5) is 0 Å². The molecular weight excluding hydrogens is 148 g/mol. The molecule has 0 saturated carbocycles. The van der Waals surface area contributed by atoms with Crippen LogP contribution in [0.1, 0.15) is 27.2 Å². The highest BCUT2D eigenvalue weighted by Gasteiger charge is 2.25. The van der Waals surface area contributed by atoms with Crippen molar-refractivity contribution >= 4 is 0 Å². The van der Waals surface area contributed by atoms with E-state index in [2.05, 4.69) is 38.0 Å². The number of piperidine rings is 1. The van der Waals surface area contributed by atoms with E-state index in [-0.39, 0.29) is 0 Å². The number of nitrogens with one attached hydrogen (secondary N) is 1. The van der Waals surface area contributed by atoms with Gasteiger partial charge in [0.15, 0.2) is 0 Å². The average molecular weight is 170 g/mol. The Bertz CT molecular complexity index is 134. The predicted octanol–water partition coefficient (Wildman–Crippen LogP) is 1.32. The molecule has 0 amide bonds. The molecule has 0 aliphatic carbocycles. The summed E-state index contributed by atoms with van der Waals surface area (Å²) in [5, 5.41) is 3.39. The summed E-state index contributed by atoms with van der Waals surface area (Å²) in [6.07, 6.45) is 1.30. The van der Waals surface area contributed by atoms with E-state index in [1.54, 1.807) is 0 Å². The Hall–Kier alpha value is -0.0800. The Morgan fingerprint density at radius 2 is 2.08 bits per heavy atom. The Morgan fingerprint density at radius 3 is 2.50 bits per heavy atom. The van der Waals surface area contributed by atoms with Crippen molar-refractivity contribution in [3.05, 3.63) is 0 Å². The number of nitrogens with zero attached hydrogens (tertiary/aromatic N) is 1. The summed E-state index contributed by atoms with van der Waals surface area (Å²) >= 11 is 0. The van der Waals surface area contributed by atoms with Gasteiger partial charge < -0.3 is 10.2 Å².